The van der Waals surface area contributed by atoms with Crippen LogP contribution >= 0.6 is 0 Å². The first-order chi connectivity index (χ1) is 8.09. The van der Waals surface area contributed by atoms with Crippen molar-refractivity contribution in [3.63, 3.8) is 0 Å². The molecule has 2 aromatic carbocycles. The molecule has 17 heavy (non-hydrogen) atoms. The molecule has 0 fully saturated rings. The van der Waals surface area contributed by atoms with Gasteiger partial charge < -0.3 is 15.3 Å². The molecule has 0 amide bonds. The molecule has 0 radical (unpaired) electrons. The number of aromatic carboxylic acids is 1. The summed E-state index contributed by atoms with van der Waals surface area (Å²) >= 11 is 0. The average molecular weight is 230 g/mol. The minimum absolute atomic E-state index is 0.174. The topological polar surface area (TPSA) is 77.8 Å². The molecule has 4 nitrogen and oxygen atoms in total. The van der Waals surface area contributed by atoms with Crippen LogP contribution in [0, 0.1) is 0 Å². The Morgan fingerprint density at radius 1 is 0.941 bits per heavy atom. The van der Waals surface area contributed by atoms with Gasteiger partial charge in [-0.2, -0.15) is 0 Å². The molecular weight excluding hydrogens is 220 g/mol. The predicted octanol–water partition coefficient (Wildman–Crippen LogP) is 2.46. The molecule has 0 saturated carbocycles. The van der Waals surface area contributed by atoms with Gasteiger partial charge in [-0.3, -0.25) is 0 Å². The lowest BCUT2D eigenvalue weighted by Gasteiger charge is -2.06. The van der Waals surface area contributed by atoms with Gasteiger partial charge in [-0.25, -0.2) is 4.79 Å². The smallest absolute Gasteiger partial charge is 0.335 e. The zero-order valence-corrected chi connectivity index (χ0v) is 8.79. The van der Waals surface area contributed by atoms with Crippen LogP contribution in [0.2, 0.25) is 0 Å². The predicted molar refractivity (Wildman–Crippen MR) is 62.2 cm³/mol. The largest absolute Gasteiger partial charge is 0.504 e. The van der Waals surface area contributed by atoms with Gasteiger partial charge in [0.2, 0.25) is 0 Å². The third kappa shape index (κ3) is 2.06. The summed E-state index contributed by atoms with van der Waals surface area (Å²) in [7, 11) is 0. The highest BCUT2D eigenvalue weighted by Gasteiger charge is 2.09. The summed E-state index contributed by atoms with van der Waals surface area (Å²) in [4.78, 5) is 10.7. The molecule has 0 spiro atoms. The van der Waals surface area contributed by atoms with Gasteiger partial charge in [0.05, 0.1) is 5.56 Å². The van der Waals surface area contributed by atoms with E-state index in [9.17, 15) is 15.0 Å². The highest BCUT2D eigenvalue weighted by Crippen LogP contribution is 2.35. The van der Waals surface area contributed by atoms with Gasteiger partial charge in [0.25, 0.3) is 0 Å². The van der Waals surface area contributed by atoms with Gasteiger partial charge in [0, 0.05) is 5.56 Å². The maximum atomic E-state index is 10.7. The van der Waals surface area contributed by atoms with E-state index in [4.69, 9.17) is 5.11 Å². The van der Waals surface area contributed by atoms with Crippen molar-refractivity contribution >= 4 is 5.97 Å². The van der Waals surface area contributed by atoms with E-state index in [0.717, 1.165) is 0 Å². The molecule has 0 aliphatic heterocycles. The maximum Gasteiger partial charge on any atom is 0.335 e. The lowest BCUT2D eigenvalue weighted by molar-refractivity contribution is 0.0697. The molecule has 0 aliphatic rings. The lowest BCUT2D eigenvalue weighted by atomic mass is 10.0. The van der Waals surface area contributed by atoms with Crippen LogP contribution in [0.3, 0.4) is 0 Å². The fourth-order valence-corrected chi connectivity index (χ4v) is 1.56. The Balaban J connectivity index is 2.47. The number of carbonyl (C=O) groups is 1. The zero-order chi connectivity index (χ0) is 12.4. The number of rotatable bonds is 2. The average Bonchev–Trinajstić information content (AvgIpc) is 2.33. The second-order valence-electron chi connectivity index (χ2n) is 3.56. The Kier molecular flexibility index (Phi) is 2.70. The number of hydrogen-bond acceptors (Lipinski definition) is 3. The Labute approximate surface area is 97.4 Å². The monoisotopic (exact) mass is 230 g/mol. The van der Waals surface area contributed by atoms with Gasteiger partial charge >= 0.3 is 5.97 Å². The normalized spacial score (nSPS) is 10.1. The van der Waals surface area contributed by atoms with Crippen LogP contribution < -0.4 is 0 Å². The fourth-order valence-electron chi connectivity index (χ4n) is 1.56. The van der Waals surface area contributed by atoms with E-state index in [0.29, 0.717) is 11.1 Å². The van der Waals surface area contributed by atoms with E-state index in [2.05, 4.69) is 0 Å². The third-order valence-electron chi connectivity index (χ3n) is 2.46. The molecule has 2 rings (SSSR count). The first-order valence-electron chi connectivity index (χ1n) is 4.94. The first-order valence-corrected chi connectivity index (χ1v) is 4.94. The third-order valence-corrected chi connectivity index (χ3v) is 2.46. The van der Waals surface area contributed by atoms with E-state index >= 15 is 0 Å². The minimum atomic E-state index is -1.00. The summed E-state index contributed by atoms with van der Waals surface area (Å²) in [6.45, 7) is 0. The van der Waals surface area contributed by atoms with E-state index in [1.807, 2.05) is 0 Å². The Morgan fingerprint density at radius 2 is 1.59 bits per heavy atom. The quantitative estimate of drug-likeness (QED) is 0.692. The number of carboxylic acids is 1. The number of carboxylic acid groups (broad SMARTS) is 1. The molecule has 0 heterocycles. The Bertz CT molecular complexity index is 558. The molecule has 3 N–H and O–H groups in total. The van der Waals surface area contributed by atoms with Crippen molar-refractivity contribution in [1.82, 2.24) is 0 Å². The first kappa shape index (κ1) is 11.0. The molecule has 86 valence electrons. The number of phenols is 2. The minimum Gasteiger partial charge on any atom is -0.504 e. The summed E-state index contributed by atoms with van der Waals surface area (Å²) in [6, 6.07) is 10.7. The van der Waals surface area contributed by atoms with Crippen molar-refractivity contribution in [3.8, 4) is 22.6 Å². The zero-order valence-electron chi connectivity index (χ0n) is 8.79. The van der Waals surface area contributed by atoms with Crippen molar-refractivity contribution in [2.45, 2.75) is 0 Å². The van der Waals surface area contributed by atoms with Gasteiger partial charge in [-0.05, 0) is 23.8 Å². The highest BCUT2D eigenvalue weighted by molar-refractivity contribution is 5.88. The summed E-state index contributed by atoms with van der Waals surface area (Å²) < 4.78 is 0. The van der Waals surface area contributed by atoms with Gasteiger partial charge in [0.15, 0.2) is 11.5 Å². The number of phenolic OH excluding ortho intramolecular Hbond substituents is 2. The van der Waals surface area contributed by atoms with Crippen LogP contribution in [0.25, 0.3) is 11.1 Å². The maximum absolute atomic E-state index is 10.7. The number of hydrogen-bond donors (Lipinski definition) is 3. The summed E-state index contributed by atoms with van der Waals surface area (Å²) in [5.41, 5.74) is 1.28. The molecule has 0 aliphatic carbocycles. The van der Waals surface area contributed by atoms with E-state index in [-0.39, 0.29) is 17.1 Å². The molecule has 0 bridgehead atoms. The second-order valence-corrected chi connectivity index (χ2v) is 3.56. The lowest BCUT2D eigenvalue weighted by Crippen LogP contribution is -1.94. The number of para-hydroxylation sites is 1. The summed E-state index contributed by atoms with van der Waals surface area (Å²) in [6.07, 6.45) is 0. The number of aromatic hydroxyl groups is 2. The van der Waals surface area contributed by atoms with Gasteiger partial charge in [-0.1, -0.05) is 24.3 Å². The molecule has 0 unspecified atom stereocenters. The highest BCUT2D eigenvalue weighted by atomic mass is 16.4. The summed E-state index contributed by atoms with van der Waals surface area (Å²) in [5.74, 6) is -1.42. The van der Waals surface area contributed by atoms with Crippen LogP contribution in [-0.2, 0) is 0 Å². The molecule has 0 saturated heterocycles. The van der Waals surface area contributed by atoms with Crippen molar-refractivity contribution in [3.05, 3.63) is 48.0 Å². The molecule has 0 atom stereocenters. The molecule has 0 aromatic heterocycles. The Morgan fingerprint density at radius 3 is 2.18 bits per heavy atom. The molecular formula is C13H10O4. The van der Waals surface area contributed by atoms with Gasteiger partial charge in [-0.15, -0.1) is 0 Å². The van der Waals surface area contributed by atoms with E-state index in [1.165, 1.54) is 18.2 Å². The van der Waals surface area contributed by atoms with Gasteiger partial charge in [0.1, 0.15) is 0 Å². The second kappa shape index (κ2) is 4.17. The van der Waals surface area contributed by atoms with Crippen LogP contribution in [0.5, 0.6) is 11.5 Å². The number of benzene rings is 2. The van der Waals surface area contributed by atoms with Crippen molar-refractivity contribution < 1.29 is 20.1 Å². The molecule has 4 heteroatoms. The van der Waals surface area contributed by atoms with Crippen LogP contribution in [0.4, 0.5) is 0 Å². The standard InChI is InChI=1S/C13H10O4/c14-11-3-1-2-10(12(11)15)8-4-6-9(7-5-8)13(16)17/h1-7,14-15H,(H,16,17). The van der Waals surface area contributed by atoms with E-state index < -0.39 is 5.97 Å². The fraction of sp³-hybridized carbons (Fsp3) is 0. The summed E-state index contributed by atoms with van der Waals surface area (Å²) in [5, 5.41) is 27.8. The van der Waals surface area contributed by atoms with Crippen molar-refractivity contribution in [2.24, 2.45) is 0 Å². The molecule has 2 aromatic rings. The van der Waals surface area contributed by atoms with E-state index in [1.54, 1.807) is 24.3 Å². The Hall–Kier alpha value is -2.49. The van der Waals surface area contributed by atoms with Crippen molar-refractivity contribution in [1.29, 1.82) is 0 Å². The van der Waals surface area contributed by atoms with Crippen molar-refractivity contribution in [2.75, 3.05) is 0 Å². The van der Waals surface area contributed by atoms with Crippen LogP contribution in [0.1, 0.15) is 10.4 Å². The van der Waals surface area contributed by atoms with Crippen LogP contribution in [-0.4, -0.2) is 21.3 Å². The van der Waals surface area contributed by atoms with Crippen LogP contribution in [0.15, 0.2) is 42.5 Å². The SMILES string of the molecule is O=C(O)c1ccc(-c2cccc(O)c2O)cc1.